The molecule has 2 heterocycles. The molecule has 198 valence electrons. The standard InChI is InChI=1S/C21H31N7O8/c22-16(29)5-3-13(26-18(32)12-2-1-7-24-12)19(33)27-14(4-6-17(30)31)20(34)28-15(21(35)36)8-11-9-23-10-25-11/h9-10,12-15,24H,1-8H2,(H2,22,29)(H,23,25)(H,26,32)(H,27,33)(H,28,34)(H,30,31)(H,35,36). The molecule has 1 aromatic heterocycles. The number of H-pyrrole nitrogens is 1. The number of aromatic nitrogens is 2. The molecule has 0 saturated carbocycles. The van der Waals surface area contributed by atoms with Crippen molar-refractivity contribution >= 4 is 35.6 Å². The molecule has 1 aliphatic heterocycles. The number of carbonyl (C=O) groups is 6. The molecule has 0 aliphatic carbocycles. The van der Waals surface area contributed by atoms with Gasteiger partial charge in [0.1, 0.15) is 18.1 Å². The van der Waals surface area contributed by atoms with Crippen molar-refractivity contribution in [3.05, 3.63) is 18.2 Å². The van der Waals surface area contributed by atoms with Gasteiger partial charge in [-0.25, -0.2) is 9.78 Å². The van der Waals surface area contributed by atoms with E-state index in [4.69, 9.17) is 10.8 Å². The van der Waals surface area contributed by atoms with Crippen LogP contribution in [0.25, 0.3) is 0 Å². The lowest BCUT2D eigenvalue weighted by atomic mass is 10.1. The highest BCUT2D eigenvalue weighted by molar-refractivity contribution is 5.94. The lowest BCUT2D eigenvalue weighted by Gasteiger charge is -2.25. The summed E-state index contributed by atoms with van der Waals surface area (Å²) < 4.78 is 0. The van der Waals surface area contributed by atoms with Crippen LogP contribution in [0, 0.1) is 0 Å². The number of amides is 4. The summed E-state index contributed by atoms with van der Waals surface area (Å²) in [5.41, 5.74) is 5.61. The first-order valence-electron chi connectivity index (χ1n) is 11.4. The molecule has 0 spiro atoms. The predicted molar refractivity (Wildman–Crippen MR) is 122 cm³/mol. The summed E-state index contributed by atoms with van der Waals surface area (Å²) in [7, 11) is 0. The lowest BCUT2D eigenvalue weighted by molar-refractivity contribution is -0.143. The molecule has 1 aromatic rings. The van der Waals surface area contributed by atoms with Gasteiger partial charge in [0.2, 0.25) is 23.6 Å². The van der Waals surface area contributed by atoms with Gasteiger partial charge in [-0.05, 0) is 32.2 Å². The Bertz CT molecular complexity index is 946. The quantitative estimate of drug-likeness (QED) is 0.122. The average molecular weight is 510 g/mol. The number of nitrogens with one attached hydrogen (secondary N) is 5. The normalized spacial score (nSPS) is 17.4. The fourth-order valence-electron chi connectivity index (χ4n) is 3.63. The van der Waals surface area contributed by atoms with Gasteiger partial charge < -0.3 is 42.2 Å². The number of carboxylic acids is 2. The van der Waals surface area contributed by atoms with Crippen LogP contribution >= 0.6 is 0 Å². The number of carbonyl (C=O) groups excluding carboxylic acids is 4. The maximum absolute atomic E-state index is 13.0. The summed E-state index contributed by atoms with van der Waals surface area (Å²) in [6.07, 6.45) is 2.71. The van der Waals surface area contributed by atoms with Crippen molar-refractivity contribution in [2.24, 2.45) is 5.73 Å². The minimum absolute atomic E-state index is 0.133. The number of nitrogens with two attached hydrogens (primary N) is 1. The van der Waals surface area contributed by atoms with Crippen molar-refractivity contribution in [2.75, 3.05) is 6.54 Å². The van der Waals surface area contributed by atoms with Crippen molar-refractivity contribution < 1.29 is 39.0 Å². The number of nitrogens with zero attached hydrogens (tertiary/aromatic N) is 1. The van der Waals surface area contributed by atoms with E-state index in [0.29, 0.717) is 18.7 Å². The van der Waals surface area contributed by atoms with Crippen LogP contribution in [0.5, 0.6) is 0 Å². The Morgan fingerprint density at radius 3 is 2.17 bits per heavy atom. The van der Waals surface area contributed by atoms with Gasteiger partial charge in [0, 0.05) is 31.2 Å². The highest BCUT2D eigenvalue weighted by Crippen LogP contribution is 2.08. The number of primary amides is 1. The van der Waals surface area contributed by atoms with Crippen molar-refractivity contribution in [3.8, 4) is 0 Å². The highest BCUT2D eigenvalue weighted by atomic mass is 16.4. The Morgan fingerprint density at radius 1 is 1.00 bits per heavy atom. The molecule has 2 rings (SSSR count). The summed E-state index contributed by atoms with van der Waals surface area (Å²) >= 11 is 0. The van der Waals surface area contributed by atoms with Crippen molar-refractivity contribution in [1.82, 2.24) is 31.2 Å². The second kappa shape index (κ2) is 13.8. The van der Waals surface area contributed by atoms with Crippen molar-refractivity contribution in [2.45, 2.75) is 69.1 Å². The molecule has 0 aromatic carbocycles. The Balaban J connectivity index is 2.13. The summed E-state index contributed by atoms with van der Waals surface area (Å²) in [4.78, 5) is 78.9. The average Bonchev–Trinajstić information content (AvgIpc) is 3.52. The minimum atomic E-state index is -1.42. The SMILES string of the molecule is NC(=O)CCC(NC(=O)C1CCCN1)C(=O)NC(CCC(=O)O)C(=O)NC(Cc1cnc[nH]1)C(=O)O. The van der Waals surface area contributed by atoms with Crippen LogP contribution in [-0.4, -0.2) is 86.5 Å². The van der Waals surface area contributed by atoms with Gasteiger partial charge in [0.25, 0.3) is 0 Å². The maximum atomic E-state index is 13.0. The zero-order chi connectivity index (χ0) is 26.7. The number of aromatic amines is 1. The second-order valence-corrected chi connectivity index (χ2v) is 8.39. The number of rotatable bonds is 15. The van der Waals surface area contributed by atoms with Gasteiger partial charge in [-0.15, -0.1) is 0 Å². The molecule has 1 fully saturated rings. The monoisotopic (exact) mass is 509 g/mol. The molecule has 1 aliphatic rings. The van der Waals surface area contributed by atoms with E-state index >= 15 is 0 Å². The smallest absolute Gasteiger partial charge is 0.326 e. The third kappa shape index (κ3) is 9.32. The van der Waals surface area contributed by atoms with Gasteiger partial charge >= 0.3 is 11.9 Å². The third-order valence-corrected chi connectivity index (χ3v) is 5.56. The molecule has 9 N–H and O–H groups in total. The molecule has 4 amide bonds. The first kappa shape index (κ1) is 28.2. The van der Waals surface area contributed by atoms with E-state index in [2.05, 4.69) is 31.2 Å². The van der Waals surface area contributed by atoms with Crippen LogP contribution in [-0.2, 0) is 35.2 Å². The van der Waals surface area contributed by atoms with E-state index < -0.39 is 66.2 Å². The van der Waals surface area contributed by atoms with Gasteiger partial charge in [-0.1, -0.05) is 0 Å². The third-order valence-electron chi connectivity index (χ3n) is 5.56. The Kier molecular flexibility index (Phi) is 10.8. The topological polar surface area (TPSA) is 246 Å². The second-order valence-electron chi connectivity index (χ2n) is 8.39. The first-order valence-corrected chi connectivity index (χ1v) is 11.4. The molecule has 0 bridgehead atoms. The van der Waals surface area contributed by atoms with Crippen LogP contribution in [0.2, 0.25) is 0 Å². The fraction of sp³-hybridized carbons (Fsp3) is 0.571. The van der Waals surface area contributed by atoms with Crippen LogP contribution in [0.15, 0.2) is 12.5 Å². The van der Waals surface area contributed by atoms with E-state index in [1.807, 2.05) is 0 Å². The van der Waals surface area contributed by atoms with Crippen LogP contribution in [0.3, 0.4) is 0 Å². The highest BCUT2D eigenvalue weighted by Gasteiger charge is 2.32. The number of imidazole rings is 1. The summed E-state index contributed by atoms with van der Waals surface area (Å²) in [6.45, 7) is 0.636. The Hall–Kier alpha value is -4.01. The van der Waals surface area contributed by atoms with Crippen LogP contribution in [0.4, 0.5) is 0 Å². The zero-order valence-corrected chi connectivity index (χ0v) is 19.5. The summed E-state index contributed by atoms with van der Waals surface area (Å²) in [5, 5.41) is 28.7. The van der Waals surface area contributed by atoms with Gasteiger partial charge in [-0.2, -0.15) is 0 Å². The number of carboxylic acid groups (broad SMARTS) is 2. The van der Waals surface area contributed by atoms with Crippen molar-refractivity contribution in [1.29, 1.82) is 0 Å². The van der Waals surface area contributed by atoms with E-state index in [1.165, 1.54) is 12.5 Å². The zero-order valence-electron chi connectivity index (χ0n) is 19.5. The molecule has 4 atom stereocenters. The molecule has 4 unspecified atom stereocenters. The molecule has 15 nitrogen and oxygen atoms in total. The van der Waals surface area contributed by atoms with Crippen LogP contribution < -0.4 is 27.0 Å². The molecule has 15 heteroatoms. The van der Waals surface area contributed by atoms with Crippen molar-refractivity contribution in [3.63, 3.8) is 0 Å². The predicted octanol–water partition coefficient (Wildman–Crippen LogP) is -2.63. The van der Waals surface area contributed by atoms with Gasteiger partial charge in [-0.3, -0.25) is 24.0 Å². The molecular weight excluding hydrogens is 478 g/mol. The first-order chi connectivity index (χ1) is 17.1. The molecule has 36 heavy (non-hydrogen) atoms. The largest absolute Gasteiger partial charge is 0.481 e. The summed E-state index contributed by atoms with van der Waals surface area (Å²) in [5.74, 6) is -5.52. The number of hydrogen-bond acceptors (Lipinski definition) is 8. The number of aliphatic carboxylic acids is 2. The molecule has 0 radical (unpaired) electrons. The van der Waals surface area contributed by atoms with E-state index in [0.717, 1.165) is 6.42 Å². The van der Waals surface area contributed by atoms with Gasteiger partial charge in [0.05, 0.1) is 12.4 Å². The summed E-state index contributed by atoms with van der Waals surface area (Å²) in [6, 6.07) is -4.55. The van der Waals surface area contributed by atoms with E-state index in [-0.39, 0.29) is 25.7 Å². The molecular formula is C21H31N7O8. The Morgan fingerprint density at radius 2 is 1.64 bits per heavy atom. The van der Waals surface area contributed by atoms with Gasteiger partial charge in [0.15, 0.2) is 0 Å². The van der Waals surface area contributed by atoms with Crippen LogP contribution in [0.1, 0.15) is 44.2 Å². The lowest BCUT2D eigenvalue weighted by Crippen LogP contribution is -2.57. The Labute approximate surface area is 206 Å². The number of hydrogen-bond donors (Lipinski definition) is 8. The minimum Gasteiger partial charge on any atom is -0.481 e. The maximum Gasteiger partial charge on any atom is 0.326 e. The van der Waals surface area contributed by atoms with E-state index in [9.17, 15) is 33.9 Å². The van der Waals surface area contributed by atoms with E-state index in [1.54, 1.807) is 0 Å². The fourth-order valence-corrected chi connectivity index (χ4v) is 3.63. The molecule has 1 saturated heterocycles.